The van der Waals surface area contributed by atoms with E-state index >= 15 is 0 Å². The molecule has 0 spiro atoms. The van der Waals surface area contributed by atoms with Gasteiger partial charge in [0.05, 0.1) is 0 Å². The highest BCUT2D eigenvalue weighted by Gasteiger charge is 2.11. The monoisotopic (exact) mass is 224 g/mol. The first-order valence-corrected chi connectivity index (χ1v) is 5.92. The molecule has 2 rings (SSSR count). The lowest BCUT2D eigenvalue weighted by atomic mass is 9.90. The summed E-state index contributed by atoms with van der Waals surface area (Å²) in [6.45, 7) is 0. The van der Waals surface area contributed by atoms with Crippen LogP contribution in [0.15, 0.2) is 60.7 Å². The lowest BCUT2D eigenvalue weighted by molar-refractivity contribution is -0.108. The van der Waals surface area contributed by atoms with Gasteiger partial charge in [0, 0.05) is 6.42 Å². The first kappa shape index (κ1) is 11.6. The van der Waals surface area contributed by atoms with E-state index in [1.807, 2.05) is 36.4 Å². The van der Waals surface area contributed by atoms with Gasteiger partial charge in [-0.1, -0.05) is 60.7 Å². The summed E-state index contributed by atoms with van der Waals surface area (Å²) in [7, 11) is 0. The summed E-state index contributed by atoms with van der Waals surface area (Å²) in [5, 5.41) is 0. The summed E-state index contributed by atoms with van der Waals surface area (Å²) >= 11 is 0. The van der Waals surface area contributed by atoms with Gasteiger partial charge in [0.15, 0.2) is 0 Å². The van der Waals surface area contributed by atoms with Crippen molar-refractivity contribution < 1.29 is 4.79 Å². The van der Waals surface area contributed by atoms with Crippen LogP contribution in [0, 0.1) is 0 Å². The van der Waals surface area contributed by atoms with Crippen molar-refractivity contribution in [2.45, 2.75) is 18.8 Å². The fourth-order valence-corrected chi connectivity index (χ4v) is 2.08. The van der Waals surface area contributed by atoms with Gasteiger partial charge in [-0.15, -0.1) is 0 Å². The van der Waals surface area contributed by atoms with Gasteiger partial charge >= 0.3 is 0 Å². The van der Waals surface area contributed by atoms with Crippen LogP contribution < -0.4 is 0 Å². The summed E-state index contributed by atoms with van der Waals surface area (Å²) in [5.74, 6) is 0.288. The molecule has 0 aliphatic heterocycles. The van der Waals surface area contributed by atoms with Crippen molar-refractivity contribution in [2.24, 2.45) is 0 Å². The zero-order valence-corrected chi connectivity index (χ0v) is 9.75. The second-order valence-corrected chi connectivity index (χ2v) is 4.20. The Morgan fingerprint density at radius 2 is 1.47 bits per heavy atom. The van der Waals surface area contributed by atoms with E-state index in [-0.39, 0.29) is 5.92 Å². The molecule has 1 nitrogen and oxygen atoms in total. The van der Waals surface area contributed by atoms with Crippen molar-refractivity contribution in [1.82, 2.24) is 0 Å². The SMILES string of the molecule is O=CC[C@@H](Cc1ccccc1)c1ccccc1. The van der Waals surface area contributed by atoms with E-state index in [4.69, 9.17) is 0 Å². The van der Waals surface area contributed by atoms with Crippen molar-refractivity contribution in [3.63, 3.8) is 0 Å². The fraction of sp³-hybridized carbons (Fsp3) is 0.188. The summed E-state index contributed by atoms with van der Waals surface area (Å²) in [5.41, 5.74) is 2.52. The van der Waals surface area contributed by atoms with Gasteiger partial charge in [-0.05, 0) is 23.5 Å². The molecular weight excluding hydrogens is 208 g/mol. The predicted molar refractivity (Wildman–Crippen MR) is 70.0 cm³/mol. The molecule has 0 amide bonds. The van der Waals surface area contributed by atoms with Gasteiger partial charge in [0.2, 0.25) is 0 Å². The summed E-state index contributed by atoms with van der Waals surface area (Å²) < 4.78 is 0. The Balaban J connectivity index is 2.16. The minimum absolute atomic E-state index is 0.288. The zero-order chi connectivity index (χ0) is 11.9. The maximum absolute atomic E-state index is 10.8. The van der Waals surface area contributed by atoms with Crippen LogP contribution in [0.5, 0.6) is 0 Å². The van der Waals surface area contributed by atoms with Crippen molar-refractivity contribution >= 4 is 6.29 Å². The van der Waals surface area contributed by atoms with Crippen LogP contribution in [-0.4, -0.2) is 6.29 Å². The van der Waals surface area contributed by atoms with Crippen LogP contribution in [-0.2, 0) is 11.2 Å². The van der Waals surface area contributed by atoms with Crippen LogP contribution in [0.2, 0.25) is 0 Å². The highest BCUT2D eigenvalue weighted by atomic mass is 16.1. The molecule has 86 valence electrons. The van der Waals surface area contributed by atoms with Crippen molar-refractivity contribution in [3.05, 3.63) is 71.8 Å². The number of carbonyl (C=O) groups excluding carboxylic acids is 1. The third-order valence-electron chi connectivity index (χ3n) is 2.98. The largest absolute Gasteiger partial charge is 0.303 e. The topological polar surface area (TPSA) is 17.1 Å². The minimum atomic E-state index is 0.288. The van der Waals surface area contributed by atoms with Gasteiger partial charge in [0.1, 0.15) is 6.29 Å². The zero-order valence-electron chi connectivity index (χ0n) is 9.75. The van der Waals surface area contributed by atoms with E-state index in [0.29, 0.717) is 6.42 Å². The van der Waals surface area contributed by atoms with Crippen LogP contribution in [0.4, 0.5) is 0 Å². The lowest BCUT2D eigenvalue weighted by Crippen LogP contribution is -2.03. The smallest absolute Gasteiger partial charge is 0.120 e. The lowest BCUT2D eigenvalue weighted by Gasteiger charge is -2.14. The molecule has 0 heterocycles. The molecule has 0 unspecified atom stereocenters. The van der Waals surface area contributed by atoms with Crippen LogP contribution in [0.25, 0.3) is 0 Å². The van der Waals surface area contributed by atoms with E-state index in [1.54, 1.807) is 0 Å². The molecule has 0 radical (unpaired) electrons. The number of carbonyl (C=O) groups is 1. The normalized spacial score (nSPS) is 12.0. The standard InChI is InChI=1S/C16H16O/c17-12-11-16(15-9-5-2-6-10-15)13-14-7-3-1-4-8-14/h1-10,12,16H,11,13H2/t16-/m0/s1. The Morgan fingerprint density at radius 3 is 2.06 bits per heavy atom. The van der Waals surface area contributed by atoms with Crippen molar-refractivity contribution in [2.75, 3.05) is 0 Å². The third-order valence-corrected chi connectivity index (χ3v) is 2.98. The number of rotatable bonds is 5. The first-order valence-electron chi connectivity index (χ1n) is 5.92. The summed E-state index contributed by atoms with van der Waals surface area (Å²) in [6.07, 6.45) is 2.52. The molecule has 0 aromatic heterocycles. The van der Waals surface area contributed by atoms with Gasteiger partial charge in [-0.2, -0.15) is 0 Å². The number of hydrogen-bond acceptors (Lipinski definition) is 1. The maximum Gasteiger partial charge on any atom is 0.120 e. The van der Waals surface area contributed by atoms with Crippen LogP contribution in [0.1, 0.15) is 23.5 Å². The maximum atomic E-state index is 10.8. The predicted octanol–water partition coefficient (Wildman–Crippen LogP) is 3.60. The Hall–Kier alpha value is -1.89. The molecule has 1 atom stereocenters. The first-order chi connectivity index (χ1) is 8.40. The van der Waals surface area contributed by atoms with E-state index in [2.05, 4.69) is 24.3 Å². The van der Waals surface area contributed by atoms with E-state index < -0.39 is 0 Å². The highest BCUT2D eigenvalue weighted by Crippen LogP contribution is 2.23. The minimum Gasteiger partial charge on any atom is -0.303 e. The quantitative estimate of drug-likeness (QED) is 0.709. The van der Waals surface area contributed by atoms with Gasteiger partial charge in [-0.3, -0.25) is 0 Å². The van der Waals surface area contributed by atoms with Crippen molar-refractivity contribution in [1.29, 1.82) is 0 Å². The molecule has 0 N–H and O–H groups in total. The average molecular weight is 224 g/mol. The Bertz CT molecular complexity index is 447. The Kier molecular flexibility index (Phi) is 4.09. The summed E-state index contributed by atoms with van der Waals surface area (Å²) in [6, 6.07) is 20.6. The summed E-state index contributed by atoms with van der Waals surface area (Å²) in [4.78, 5) is 10.8. The molecule has 0 saturated heterocycles. The van der Waals surface area contributed by atoms with Gasteiger partial charge in [0.25, 0.3) is 0 Å². The molecule has 2 aromatic rings. The second-order valence-electron chi connectivity index (χ2n) is 4.20. The van der Waals surface area contributed by atoms with E-state index in [1.165, 1.54) is 11.1 Å². The highest BCUT2D eigenvalue weighted by molar-refractivity contribution is 5.52. The molecule has 17 heavy (non-hydrogen) atoms. The fourth-order valence-electron chi connectivity index (χ4n) is 2.08. The molecule has 0 aliphatic rings. The van der Waals surface area contributed by atoms with E-state index in [9.17, 15) is 4.79 Å². The second kappa shape index (κ2) is 6.00. The molecule has 0 fully saturated rings. The molecular formula is C16H16O. The number of hydrogen-bond donors (Lipinski definition) is 0. The molecule has 2 aromatic carbocycles. The third kappa shape index (κ3) is 3.28. The average Bonchev–Trinajstić information content (AvgIpc) is 2.40. The van der Waals surface area contributed by atoms with Gasteiger partial charge in [-0.25, -0.2) is 0 Å². The molecule has 0 aliphatic carbocycles. The van der Waals surface area contributed by atoms with Crippen LogP contribution >= 0.6 is 0 Å². The van der Waals surface area contributed by atoms with Crippen LogP contribution in [0.3, 0.4) is 0 Å². The Labute approximate surface area is 102 Å². The molecule has 0 bridgehead atoms. The number of benzene rings is 2. The number of aldehydes is 1. The molecule has 1 heteroatoms. The van der Waals surface area contributed by atoms with Crippen molar-refractivity contribution in [3.8, 4) is 0 Å². The Morgan fingerprint density at radius 1 is 0.882 bits per heavy atom. The van der Waals surface area contributed by atoms with Gasteiger partial charge < -0.3 is 4.79 Å². The molecule has 0 saturated carbocycles. The van der Waals surface area contributed by atoms with E-state index in [0.717, 1.165) is 12.7 Å².